The Labute approximate surface area is 195 Å². The van der Waals surface area contributed by atoms with E-state index in [0.29, 0.717) is 17.1 Å². The van der Waals surface area contributed by atoms with Gasteiger partial charge < -0.3 is 14.2 Å². The maximum Gasteiger partial charge on any atom is 0.363 e. The number of rotatable bonds is 6. The van der Waals surface area contributed by atoms with E-state index in [1.54, 1.807) is 36.4 Å². The molecule has 34 heavy (non-hydrogen) atoms. The fourth-order valence-electron chi connectivity index (χ4n) is 3.65. The van der Waals surface area contributed by atoms with Crippen LogP contribution >= 0.6 is 0 Å². The largest absolute Gasteiger partial charge is 0.493 e. The molecule has 1 heterocycles. The van der Waals surface area contributed by atoms with E-state index in [1.165, 1.54) is 19.2 Å². The van der Waals surface area contributed by atoms with Crippen molar-refractivity contribution in [1.82, 2.24) is 0 Å². The van der Waals surface area contributed by atoms with Crippen molar-refractivity contribution in [2.24, 2.45) is 4.99 Å². The summed E-state index contributed by atoms with van der Waals surface area (Å²) in [7, 11) is 1.54. The summed E-state index contributed by atoms with van der Waals surface area (Å²) in [6.07, 6.45) is 1.64. The molecular formula is C28H20FNO4. The van der Waals surface area contributed by atoms with E-state index in [9.17, 15) is 9.18 Å². The number of aliphatic imine (C=N–C) groups is 1. The lowest BCUT2D eigenvalue weighted by molar-refractivity contribution is -0.129. The third-order valence-electron chi connectivity index (χ3n) is 5.42. The molecule has 0 unspecified atom stereocenters. The number of esters is 1. The first-order valence-corrected chi connectivity index (χ1v) is 10.7. The summed E-state index contributed by atoms with van der Waals surface area (Å²) in [6, 6.07) is 25.2. The van der Waals surface area contributed by atoms with Gasteiger partial charge in [0.1, 0.15) is 12.4 Å². The number of carbonyl (C=O) groups excluding carboxylic acids is 1. The first-order chi connectivity index (χ1) is 16.6. The summed E-state index contributed by atoms with van der Waals surface area (Å²) in [5.74, 6) is 0.493. The van der Waals surface area contributed by atoms with Gasteiger partial charge in [0, 0.05) is 5.56 Å². The Morgan fingerprint density at radius 2 is 1.71 bits per heavy atom. The Bertz CT molecular complexity index is 1440. The minimum absolute atomic E-state index is 0.199. The van der Waals surface area contributed by atoms with Gasteiger partial charge in [0.25, 0.3) is 0 Å². The van der Waals surface area contributed by atoms with Crippen molar-refractivity contribution in [1.29, 1.82) is 0 Å². The number of ether oxygens (including phenoxy) is 3. The molecule has 0 aliphatic carbocycles. The maximum atomic E-state index is 13.1. The second-order valence-corrected chi connectivity index (χ2v) is 7.72. The highest BCUT2D eigenvalue weighted by Gasteiger charge is 2.24. The Morgan fingerprint density at radius 3 is 2.50 bits per heavy atom. The molecule has 4 aromatic carbocycles. The molecular weight excluding hydrogens is 433 g/mol. The van der Waals surface area contributed by atoms with Gasteiger partial charge in [0.05, 0.1) is 7.11 Å². The second kappa shape index (κ2) is 9.19. The van der Waals surface area contributed by atoms with Crippen LogP contribution in [-0.2, 0) is 16.1 Å². The van der Waals surface area contributed by atoms with E-state index >= 15 is 0 Å². The third-order valence-corrected chi connectivity index (χ3v) is 5.42. The molecule has 5 nitrogen and oxygen atoms in total. The van der Waals surface area contributed by atoms with E-state index in [-0.39, 0.29) is 24.0 Å². The highest BCUT2D eigenvalue weighted by molar-refractivity contribution is 6.13. The number of benzene rings is 4. The Morgan fingerprint density at radius 1 is 0.912 bits per heavy atom. The van der Waals surface area contributed by atoms with Crippen molar-refractivity contribution in [3.05, 3.63) is 113 Å². The zero-order valence-corrected chi connectivity index (χ0v) is 18.3. The quantitative estimate of drug-likeness (QED) is 0.269. The minimum atomic E-state index is -0.515. The molecule has 0 fully saturated rings. The second-order valence-electron chi connectivity index (χ2n) is 7.72. The first kappa shape index (κ1) is 21.4. The number of methoxy groups -OCH3 is 1. The van der Waals surface area contributed by atoms with E-state index in [4.69, 9.17) is 14.2 Å². The van der Waals surface area contributed by atoms with Crippen LogP contribution in [0, 0.1) is 5.82 Å². The van der Waals surface area contributed by atoms with Crippen molar-refractivity contribution < 1.29 is 23.4 Å². The summed E-state index contributed by atoms with van der Waals surface area (Å²) < 4.78 is 29.8. The lowest BCUT2D eigenvalue weighted by Gasteiger charge is -2.11. The Kier molecular flexibility index (Phi) is 5.79. The molecule has 0 bridgehead atoms. The van der Waals surface area contributed by atoms with Gasteiger partial charge in [-0.25, -0.2) is 14.2 Å². The third kappa shape index (κ3) is 4.52. The van der Waals surface area contributed by atoms with E-state index in [0.717, 1.165) is 21.9 Å². The molecule has 0 aromatic heterocycles. The van der Waals surface area contributed by atoms with Crippen LogP contribution in [0.3, 0.4) is 0 Å². The predicted molar refractivity (Wildman–Crippen MR) is 128 cm³/mol. The molecule has 0 N–H and O–H groups in total. The summed E-state index contributed by atoms with van der Waals surface area (Å²) in [5.41, 5.74) is 2.48. The standard InChI is InChI=1S/C28H20FNO4/c1-32-26-15-19(8-13-25(26)33-17-18-6-11-23(29)12-7-18)14-24-28(31)34-27(30-24)22-10-9-20-4-2-3-5-21(20)16-22/h2-16H,17H2,1H3/b24-14-. The fraction of sp³-hybridized carbons (Fsp3) is 0.0714. The van der Waals surface area contributed by atoms with E-state index < -0.39 is 5.97 Å². The lowest BCUT2D eigenvalue weighted by atomic mass is 10.1. The number of cyclic esters (lactones) is 1. The summed E-state index contributed by atoms with van der Waals surface area (Å²) in [4.78, 5) is 16.8. The van der Waals surface area contributed by atoms with Gasteiger partial charge in [-0.05, 0) is 64.4 Å². The molecule has 1 aliphatic rings. The summed E-state index contributed by atoms with van der Waals surface area (Å²) in [5, 5.41) is 2.14. The van der Waals surface area contributed by atoms with Crippen LogP contribution in [-0.4, -0.2) is 19.0 Å². The zero-order valence-electron chi connectivity index (χ0n) is 18.3. The van der Waals surface area contributed by atoms with Crippen LogP contribution in [0.25, 0.3) is 16.8 Å². The molecule has 4 aromatic rings. The molecule has 0 radical (unpaired) electrons. The molecule has 5 rings (SSSR count). The molecule has 0 atom stereocenters. The van der Waals surface area contributed by atoms with Crippen LogP contribution in [0.2, 0.25) is 0 Å². The van der Waals surface area contributed by atoms with Crippen LogP contribution < -0.4 is 9.47 Å². The molecule has 0 saturated heterocycles. The van der Waals surface area contributed by atoms with Crippen LogP contribution in [0.4, 0.5) is 4.39 Å². The van der Waals surface area contributed by atoms with Crippen molar-refractivity contribution in [2.45, 2.75) is 6.61 Å². The van der Waals surface area contributed by atoms with Crippen LogP contribution in [0.1, 0.15) is 16.7 Å². The molecule has 0 saturated carbocycles. The fourth-order valence-corrected chi connectivity index (χ4v) is 3.65. The Balaban J connectivity index is 1.36. The maximum absolute atomic E-state index is 13.1. The smallest absolute Gasteiger partial charge is 0.363 e. The van der Waals surface area contributed by atoms with Gasteiger partial charge in [0.2, 0.25) is 5.90 Å². The topological polar surface area (TPSA) is 57.1 Å². The average Bonchev–Trinajstić information content (AvgIpc) is 3.23. The lowest BCUT2D eigenvalue weighted by Crippen LogP contribution is -2.05. The van der Waals surface area contributed by atoms with Gasteiger partial charge in [-0.15, -0.1) is 0 Å². The van der Waals surface area contributed by atoms with Gasteiger partial charge in [-0.2, -0.15) is 0 Å². The number of nitrogens with zero attached hydrogens (tertiary/aromatic N) is 1. The number of hydrogen-bond acceptors (Lipinski definition) is 5. The SMILES string of the molecule is COc1cc(/C=C2\N=C(c3ccc4ccccc4c3)OC2=O)ccc1OCc1ccc(F)cc1. The minimum Gasteiger partial charge on any atom is -0.493 e. The van der Waals surface area contributed by atoms with Crippen molar-refractivity contribution >= 4 is 28.7 Å². The van der Waals surface area contributed by atoms with Crippen LogP contribution in [0.5, 0.6) is 11.5 Å². The van der Waals surface area contributed by atoms with Gasteiger partial charge in [-0.3, -0.25) is 0 Å². The molecule has 168 valence electrons. The van der Waals surface area contributed by atoms with Gasteiger partial charge in [0.15, 0.2) is 17.2 Å². The van der Waals surface area contributed by atoms with Gasteiger partial charge >= 0.3 is 5.97 Å². The number of carbonyl (C=O) groups is 1. The Hall–Kier alpha value is -4.45. The summed E-state index contributed by atoms with van der Waals surface area (Å²) >= 11 is 0. The number of halogens is 1. The van der Waals surface area contributed by atoms with Gasteiger partial charge in [-0.1, -0.05) is 48.5 Å². The molecule has 1 aliphatic heterocycles. The van der Waals surface area contributed by atoms with Crippen LogP contribution in [0.15, 0.2) is 95.6 Å². The van der Waals surface area contributed by atoms with Crippen molar-refractivity contribution in [3.8, 4) is 11.5 Å². The summed E-state index contributed by atoms with van der Waals surface area (Å²) in [6.45, 7) is 0.267. The predicted octanol–water partition coefficient (Wildman–Crippen LogP) is 5.91. The number of fused-ring (bicyclic) bond motifs is 1. The van der Waals surface area contributed by atoms with E-state index in [2.05, 4.69) is 4.99 Å². The molecule has 0 spiro atoms. The monoisotopic (exact) mass is 453 g/mol. The highest BCUT2D eigenvalue weighted by Crippen LogP contribution is 2.30. The van der Waals surface area contributed by atoms with Crippen molar-refractivity contribution in [3.63, 3.8) is 0 Å². The number of hydrogen-bond donors (Lipinski definition) is 0. The first-order valence-electron chi connectivity index (χ1n) is 10.7. The zero-order chi connectivity index (χ0) is 23.5. The van der Waals surface area contributed by atoms with Crippen molar-refractivity contribution in [2.75, 3.05) is 7.11 Å². The highest BCUT2D eigenvalue weighted by atomic mass is 19.1. The normalized spacial score (nSPS) is 14.2. The molecule has 6 heteroatoms. The van der Waals surface area contributed by atoms with E-state index in [1.807, 2.05) is 42.5 Å². The molecule has 0 amide bonds. The average molecular weight is 453 g/mol.